The average molecular weight is 317 g/mol. The molecule has 0 radical (unpaired) electrons. The smallest absolute Gasteiger partial charge is 0.226 e. The number of rotatable bonds is 4. The highest BCUT2D eigenvalue weighted by Crippen LogP contribution is 2.44. The summed E-state index contributed by atoms with van der Waals surface area (Å²) in [5.41, 5.74) is 6.82. The third-order valence-electron chi connectivity index (χ3n) is 3.50. The number of aromatic nitrogens is 1. The first kappa shape index (κ1) is 14.8. The Balaban J connectivity index is 1.99. The number of hydrogen-bond donors (Lipinski definition) is 2. The van der Waals surface area contributed by atoms with Crippen molar-refractivity contribution in [2.24, 2.45) is 5.92 Å². The van der Waals surface area contributed by atoms with Gasteiger partial charge in [0.25, 0.3) is 0 Å². The van der Waals surface area contributed by atoms with E-state index < -0.39 is 0 Å². The second-order valence-electron chi connectivity index (χ2n) is 5.81. The molecular formula is C16H19N3O2S. The van der Waals surface area contributed by atoms with Crippen molar-refractivity contribution in [1.82, 2.24) is 4.98 Å². The van der Waals surface area contributed by atoms with E-state index in [0.717, 1.165) is 16.2 Å². The number of thiazole rings is 1. The minimum absolute atomic E-state index is 0.0403. The molecular weight excluding hydrogens is 298 g/mol. The average Bonchev–Trinajstić information content (AvgIpc) is 2.84. The van der Waals surface area contributed by atoms with Crippen LogP contribution in [0.1, 0.15) is 36.6 Å². The number of carbonyl (C=O) groups excluding carboxylic acids is 1. The number of fused-ring (bicyclic) bond motifs is 1. The zero-order chi connectivity index (χ0) is 15.7. The molecule has 3 rings (SSSR count). The molecule has 1 aliphatic heterocycles. The molecule has 116 valence electrons. The van der Waals surface area contributed by atoms with Crippen LogP contribution in [0.2, 0.25) is 0 Å². The van der Waals surface area contributed by atoms with Gasteiger partial charge in [-0.3, -0.25) is 4.79 Å². The van der Waals surface area contributed by atoms with Gasteiger partial charge in [0.2, 0.25) is 5.91 Å². The van der Waals surface area contributed by atoms with E-state index in [1.54, 1.807) is 0 Å². The lowest BCUT2D eigenvalue weighted by atomic mass is 9.91. The number of nitrogen functional groups attached to an aromatic ring is 1. The lowest BCUT2D eigenvalue weighted by Gasteiger charge is -2.24. The molecule has 0 unspecified atom stereocenters. The molecule has 0 spiro atoms. The summed E-state index contributed by atoms with van der Waals surface area (Å²) in [6, 6.07) is 7.88. The van der Waals surface area contributed by atoms with Gasteiger partial charge >= 0.3 is 0 Å². The maximum atomic E-state index is 12.0. The van der Waals surface area contributed by atoms with Gasteiger partial charge < -0.3 is 15.8 Å². The Morgan fingerprint density at radius 3 is 3.00 bits per heavy atom. The number of anilines is 2. The summed E-state index contributed by atoms with van der Waals surface area (Å²) >= 11 is 1.42. The van der Waals surface area contributed by atoms with Crippen LogP contribution in [0.15, 0.2) is 24.3 Å². The van der Waals surface area contributed by atoms with E-state index in [0.29, 0.717) is 29.9 Å². The largest absolute Gasteiger partial charge is 0.493 e. The number of hydrogen-bond acceptors (Lipinski definition) is 5. The Bertz CT molecular complexity index is 696. The van der Waals surface area contributed by atoms with E-state index in [-0.39, 0.29) is 11.8 Å². The van der Waals surface area contributed by atoms with Crippen molar-refractivity contribution < 1.29 is 9.53 Å². The van der Waals surface area contributed by atoms with E-state index in [4.69, 9.17) is 10.5 Å². The molecule has 0 saturated carbocycles. The highest BCUT2D eigenvalue weighted by atomic mass is 32.1. The Hall–Kier alpha value is -2.08. The number of carbonyl (C=O) groups is 1. The van der Waals surface area contributed by atoms with E-state index in [1.165, 1.54) is 11.3 Å². The summed E-state index contributed by atoms with van der Waals surface area (Å²) in [4.78, 5) is 17.2. The highest BCUT2D eigenvalue weighted by molar-refractivity contribution is 7.16. The summed E-state index contributed by atoms with van der Waals surface area (Å²) in [6.07, 6.45) is 0.386. The summed E-state index contributed by atoms with van der Waals surface area (Å²) < 4.78 is 5.93. The Labute approximate surface area is 133 Å². The molecule has 0 bridgehead atoms. The minimum atomic E-state index is -0.0538. The van der Waals surface area contributed by atoms with Crippen molar-refractivity contribution >= 4 is 28.2 Å². The fraction of sp³-hybridized carbons (Fsp3) is 0.375. The van der Waals surface area contributed by atoms with Crippen LogP contribution in [-0.4, -0.2) is 17.5 Å². The maximum absolute atomic E-state index is 12.0. The van der Waals surface area contributed by atoms with Gasteiger partial charge in [-0.15, -0.1) is 0 Å². The van der Waals surface area contributed by atoms with E-state index >= 15 is 0 Å². The predicted molar refractivity (Wildman–Crippen MR) is 88.4 cm³/mol. The van der Waals surface area contributed by atoms with Crippen molar-refractivity contribution in [3.63, 3.8) is 0 Å². The van der Waals surface area contributed by atoms with Gasteiger partial charge in [-0.2, -0.15) is 0 Å². The first-order chi connectivity index (χ1) is 10.5. The third kappa shape index (κ3) is 2.92. The molecule has 1 aromatic carbocycles. The van der Waals surface area contributed by atoms with Crippen LogP contribution < -0.4 is 15.8 Å². The molecule has 1 aromatic heterocycles. The molecule has 0 saturated heterocycles. The van der Waals surface area contributed by atoms with Crippen LogP contribution in [0.3, 0.4) is 0 Å². The number of para-hydroxylation sites is 1. The molecule has 0 aliphatic carbocycles. The molecule has 2 aromatic rings. The number of nitrogens with one attached hydrogen (secondary N) is 1. The van der Waals surface area contributed by atoms with Crippen LogP contribution in [0.25, 0.3) is 0 Å². The van der Waals surface area contributed by atoms with Crippen LogP contribution >= 0.6 is 11.3 Å². The zero-order valence-corrected chi connectivity index (χ0v) is 13.4. The molecule has 3 N–H and O–H groups in total. The van der Waals surface area contributed by atoms with Crippen LogP contribution in [0.4, 0.5) is 10.9 Å². The van der Waals surface area contributed by atoms with Crippen LogP contribution in [0.5, 0.6) is 5.75 Å². The lowest BCUT2D eigenvalue weighted by molar-refractivity contribution is -0.116. The summed E-state index contributed by atoms with van der Waals surface area (Å²) in [5, 5.41) is 3.26. The van der Waals surface area contributed by atoms with Gasteiger partial charge in [0, 0.05) is 17.9 Å². The second-order valence-corrected chi connectivity index (χ2v) is 6.87. The van der Waals surface area contributed by atoms with E-state index in [1.807, 2.05) is 24.3 Å². The number of amides is 1. The summed E-state index contributed by atoms with van der Waals surface area (Å²) in [5.74, 6) is 1.76. The van der Waals surface area contributed by atoms with Crippen LogP contribution in [-0.2, 0) is 4.79 Å². The monoisotopic (exact) mass is 317 g/mol. The number of ether oxygens (including phenoxy) is 1. The van der Waals surface area contributed by atoms with Crippen molar-refractivity contribution in [3.8, 4) is 5.75 Å². The van der Waals surface area contributed by atoms with Crippen molar-refractivity contribution in [1.29, 1.82) is 0 Å². The van der Waals surface area contributed by atoms with Gasteiger partial charge in [0.1, 0.15) is 11.6 Å². The number of nitrogens with zero attached hydrogens (tertiary/aromatic N) is 1. The fourth-order valence-corrected chi connectivity index (χ4v) is 3.45. The molecule has 2 heterocycles. The normalized spacial score (nSPS) is 17.2. The topological polar surface area (TPSA) is 77.2 Å². The molecule has 5 nitrogen and oxygen atoms in total. The number of nitrogens with two attached hydrogens (primary N) is 1. The Morgan fingerprint density at radius 2 is 2.23 bits per heavy atom. The second kappa shape index (κ2) is 5.96. The molecule has 0 fully saturated rings. The molecule has 1 atom stereocenters. The van der Waals surface area contributed by atoms with Gasteiger partial charge in [-0.05, 0) is 12.0 Å². The van der Waals surface area contributed by atoms with E-state index in [9.17, 15) is 4.79 Å². The summed E-state index contributed by atoms with van der Waals surface area (Å²) in [6.45, 7) is 4.87. The SMILES string of the molecule is CC(C)COc1ccccc1[C@H]1CC(=O)Nc2nc(N)sc21. The predicted octanol–water partition coefficient (Wildman–Crippen LogP) is 3.23. The Kier molecular flexibility index (Phi) is 4.02. The fourth-order valence-electron chi connectivity index (χ4n) is 2.54. The van der Waals surface area contributed by atoms with Gasteiger partial charge in [-0.25, -0.2) is 4.98 Å². The van der Waals surface area contributed by atoms with Crippen molar-refractivity contribution in [2.75, 3.05) is 17.7 Å². The maximum Gasteiger partial charge on any atom is 0.226 e. The third-order valence-corrected chi connectivity index (χ3v) is 4.50. The Morgan fingerprint density at radius 1 is 1.45 bits per heavy atom. The quantitative estimate of drug-likeness (QED) is 0.907. The zero-order valence-electron chi connectivity index (χ0n) is 12.6. The first-order valence-corrected chi connectivity index (χ1v) is 8.14. The lowest BCUT2D eigenvalue weighted by Crippen LogP contribution is -2.23. The minimum Gasteiger partial charge on any atom is -0.493 e. The van der Waals surface area contributed by atoms with E-state index in [2.05, 4.69) is 24.1 Å². The van der Waals surface area contributed by atoms with Crippen molar-refractivity contribution in [3.05, 3.63) is 34.7 Å². The van der Waals surface area contributed by atoms with Crippen molar-refractivity contribution in [2.45, 2.75) is 26.2 Å². The highest BCUT2D eigenvalue weighted by Gasteiger charge is 2.31. The van der Waals surface area contributed by atoms with Crippen LogP contribution in [0, 0.1) is 5.92 Å². The number of benzene rings is 1. The molecule has 6 heteroatoms. The van der Waals surface area contributed by atoms with Gasteiger partial charge in [0.05, 0.1) is 11.5 Å². The molecule has 1 aliphatic rings. The standard InChI is InChI=1S/C16H19N3O2S/c1-9(2)8-21-12-6-4-3-5-10(12)11-7-13(20)18-15-14(11)22-16(17)19-15/h3-6,9,11H,7-8H2,1-2H3,(H2,17,19)(H,18,20)/t11-/m1/s1. The van der Waals surface area contributed by atoms with Gasteiger partial charge in [-0.1, -0.05) is 43.4 Å². The van der Waals surface area contributed by atoms with Gasteiger partial charge in [0.15, 0.2) is 5.13 Å². The molecule has 22 heavy (non-hydrogen) atoms. The summed E-state index contributed by atoms with van der Waals surface area (Å²) in [7, 11) is 0. The molecule has 1 amide bonds. The first-order valence-electron chi connectivity index (χ1n) is 7.32.